The molecule has 2 aromatic rings. The van der Waals surface area contributed by atoms with Gasteiger partial charge in [0.25, 0.3) is 0 Å². The normalized spacial score (nSPS) is 20.4. The number of benzene rings is 1. The first kappa shape index (κ1) is 9.73. The summed E-state index contributed by atoms with van der Waals surface area (Å²) in [5, 5.41) is 4.73. The number of fused-ring (bicyclic) bond motifs is 1. The topological polar surface area (TPSA) is 37.0 Å². The van der Waals surface area contributed by atoms with E-state index in [1.165, 1.54) is 23.0 Å². The zero-order chi connectivity index (χ0) is 10.8. The summed E-state index contributed by atoms with van der Waals surface area (Å²) in [5.41, 5.74) is 2.38. The summed E-state index contributed by atoms with van der Waals surface area (Å²) in [6.45, 7) is 2.83. The van der Waals surface area contributed by atoms with Crippen molar-refractivity contribution in [2.24, 2.45) is 5.92 Å². The maximum absolute atomic E-state index is 5.36. The van der Waals surface area contributed by atoms with Gasteiger partial charge in [0.05, 0.1) is 6.61 Å². The number of hydrogen-bond acceptors (Lipinski definition) is 2. The van der Waals surface area contributed by atoms with Crippen LogP contribution in [0.15, 0.2) is 30.5 Å². The monoisotopic (exact) mass is 216 g/mol. The Morgan fingerprint density at radius 1 is 1.38 bits per heavy atom. The van der Waals surface area contributed by atoms with Crippen molar-refractivity contribution in [1.29, 1.82) is 0 Å². The highest BCUT2D eigenvalue weighted by atomic mass is 16.5. The molecule has 3 nitrogen and oxygen atoms in total. The van der Waals surface area contributed by atoms with Crippen LogP contribution in [0.1, 0.15) is 6.42 Å². The van der Waals surface area contributed by atoms with E-state index in [9.17, 15) is 0 Å². The van der Waals surface area contributed by atoms with Gasteiger partial charge in [-0.05, 0) is 30.7 Å². The van der Waals surface area contributed by atoms with Crippen molar-refractivity contribution in [3.63, 3.8) is 0 Å². The molecule has 1 unspecified atom stereocenters. The van der Waals surface area contributed by atoms with Crippen LogP contribution in [0.2, 0.25) is 0 Å². The predicted molar refractivity (Wildman–Crippen MR) is 65.7 cm³/mol. The van der Waals surface area contributed by atoms with Crippen LogP contribution in [0, 0.1) is 5.92 Å². The third-order valence-corrected chi connectivity index (χ3v) is 3.17. The molecule has 1 fully saturated rings. The molecule has 0 bridgehead atoms. The fourth-order valence-corrected chi connectivity index (χ4v) is 2.17. The maximum Gasteiger partial charge on any atom is 0.0511 e. The predicted octanol–water partition coefficient (Wildman–Crippen LogP) is 2.62. The number of hydrogen-bond donors (Lipinski definition) is 2. The molecule has 1 aromatic heterocycles. The number of rotatable bonds is 3. The van der Waals surface area contributed by atoms with Gasteiger partial charge in [-0.3, -0.25) is 0 Å². The van der Waals surface area contributed by atoms with Gasteiger partial charge in [0.1, 0.15) is 0 Å². The minimum Gasteiger partial charge on any atom is -0.385 e. The summed E-state index contributed by atoms with van der Waals surface area (Å²) in [6.07, 6.45) is 3.15. The number of H-pyrrole nitrogens is 1. The minimum atomic E-state index is 0.668. The Kier molecular flexibility index (Phi) is 2.54. The standard InChI is InChI=1S/C13H16N2O/c1-2-13-11(3-5-14-13)7-12(1)15-8-10-4-6-16-9-10/h1-3,5,7,10,14-15H,4,6,8-9H2. The van der Waals surface area contributed by atoms with E-state index in [1.807, 2.05) is 6.20 Å². The van der Waals surface area contributed by atoms with Gasteiger partial charge in [-0.15, -0.1) is 0 Å². The second-order valence-corrected chi connectivity index (χ2v) is 4.39. The lowest BCUT2D eigenvalue weighted by Crippen LogP contribution is -2.13. The molecule has 2 heterocycles. The summed E-state index contributed by atoms with van der Waals surface area (Å²) < 4.78 is 5.36. The SMILES string of the molecule is c1cc2cc(NCC3CCOC3)ccc2[nH]1. The summed E-state index contributed by atoms with van der Waals surface area (Å²) >= 11 is 0. The van der Waals surface area contributed by atoms with Crippen LogP contribution in [0.25, 0.3) is 10.9 Å². The van der Waals surface area contributed by atoms with Gasteiger partial charge in [-0.1, -0.05) is 0 Å². The molecule has 3 rings (SSSR count). The Morgan fingerprint density at radius 3 is 3.25 bits per heavy atom. The van der Waals surface area contributed by atoms with Gasteiger partial charge < -0.3 is 15.0 Å². The van der Waals surface area contributed by atoms with Crippen LogP contribution in [0.3, 0.4) is 0 Å². The summed E-state index contributed by atoms with van der Waals surface area (Å²) in [7, 11) is 0. The van der Waals surface area contributed by atoms with E-state index in [4.69, 9.17) is 4.74 Å². The lowest BCUT2D eigenvalue weighted by molar-refractivity contribution is 0.187. The third kappa shape index (κ3) is 1.91. The van der Waals surface area contributed by atoms with Crippen LogP contribution in [0.5, 0.6) is 0 Å². The molecule has 2 N–H and O–H groups in total. The van der Waals surface area contributed by atoms with Crippen molar-refractivity contribution < 1.29 is 4.74 Å². The number of ether oxygens (including phenoxy) is 1. The molecular formula is C13H16N2O. The van der Waals surface area contributed by atoms with E-state index in [1.54, 1.807) is 0 Å². The number of anilines is 1. The van der Waals surface area contributed by atoms with E-state index in [0.29, 0.717) is 5.92 Å². The number of nitrogens with one attached hydrogen (secondary N) is 2. The zero-order valence-corrected chi connectivity index (χ0v) is 9.20. The highest BCUT2D eigenvalue weighted by Crippen LogP contribution is 2.19. The molecule has 1 atom stereocenters. The summed E-state index contributed by atoms with van der Waals surface area (Å²) in [5.74, 6) is 0.668. The van der Waals surface area contributed by atoms with E-state index in [0.717, 1.165) is 19.8 Å². The summed E-state index contributed by atoms with van der Waals surface area (Å²) in [4.78, 5) is 3.20. The maximum atomic E-state index is 5.36. The molecule has 0 radical (unpaired) electrons. The van der Waals surface area contributed by atoms with Crippen molar-refractivity contribution >= 4 is 16.6 Å². The van der Waals surface area contributed by atoms with Crippen molar-refractivity contribution in [2.45, 2.75) is 6.42 Å². The molecule has 0 amide bonds. The molecule has 1 aromatic carbocycles. The molecule has 0 spiro atoms. The van der Waals surface area contributed by atoms with Gasteiger partial charge in [0, 0.05) is 41.9 Å². The van der Waals surface area contributed by atoms with Crippen LogP contribution in [-0.2, 0) is 4.74 Å². The molecule has 84 valence electrons. The molecule has 1 aliphatic rings. The number of aromatic nitrogens is 1. The zero-order valence-electron chi connectivity index (χ0n) is 9.20. The molecule has 3 heteroatoms. The summed E-state index contributed by atoms with van der Waals surface area (Å²) in [6, 6.07) is 8.51. The molecule has 0 aliphatic carbocycles. The van der Waals surface area contributed by atoms with Crippen molar-refractivity contribution in [3.05, 3.63) is 30.5 Å². The highest BCUT2D eigenvalue weighted by Gasteiger charge is 2.14. The van der Waals surface area contributed by atoms with Crippen molar-refractivity contribution in [3.8, 4) is 0 Å². The molecule has 0 saturated carbocycles. The average molecular weight is 216 g/mol. The fourth-order valence-electron chi connectivity index (χ4n) is 2.17. The lowest BCUT2D eigenvalue weighted by atomic mass is 10.1. The van der Waals surface area contributed by atoms with E-state index in [-0.39, 0.29) is 0 Å². The fraction of sp³-hybridized carbons (Fsp3) is 0.385. The van der Waals surface area contributed by atoms with Crippen molar-refractivity contribution in [1.82, 2.24) is 4.98 Å². The number of aromatic amines is 1. The van der Waals surface area contributed by atoms with Gasteiger partial charge in [-0.2, -0.15) is 0 Å². The lowest BCUT2D eigenvalue weighted by Gasteiger charge is -2.10. The first-order valence-corrected chi connectivity index (χ1v) is 5.80. The third-order valence-electron chi connectivity index (χ3n) is 3.17. The van der Waals surface area contributed by atoms with Crippen LogP contribution in [-0.4, -0.2) is 24.7 Å². The van der Waals surface area contributed by atoms with Gasteiger partial charge in [0.15, 0.2) is 0 Å². The van der Waals surface area contributed by atoms with E-state index < -0.39 is 0 Å². The Labute approximate surface area is 94.8 Å². The quantitative estimate of drug-likeness (QED) is 0.827. The molecule has 16 heavy (non-hydrogen) atoms. The molecular weight excluding hydrogens is 200 g/mol. The Hall–Kier alpha value is -1.48. The highest BCUT2D eigenvalue weighted by molar-refractivity contribution is 5.82. The second kappa shape index (κ2) is 4.18. The molecule has 1 saturated heterocycles. The van der Waals surface area contributed by atoms with Crippen molar-refractivity contribution in [2.75, 3.05) is 25.1 Å². The van der Waals surface area contributed by atoms with E-state index in [2.05, 4.69) is 34.6 Å². The average Bonchev–Trinajstić information content (AvgIpc) is 2.97. The first-order valence-electron chi connectivity index (χ1n) is 5.80. The largest absolute Gasteiger partial charge is 0.385 e. The Morgan fingerprint density at radius 2 is 2.38 bits per heavy atom. The Bertz CT molecular complexity index is 471. The second-order valence-electron chi connectivity index (χ2n) is 4.39. The molecule has 1 aliphatic heterocycles. The Balaban J connectivity index is 1.68. The van der Waals surface area contributed by atoms with Crippen LogP contribution < -0.4 is 5.32 Å². The minimum absolute atomic E-state index is 0.668. The van der Waals surface area contributed by atoms with Crippen LogP contribution >= 0.6 is 0 Å². The van der Waals surface area contributed by atoms with Gasteiger partial charge in [0.2, 0.25) is 0 Å². The first-order chi connectivity index (χ1) is 7.92. The van der Waals surface area contributed by atoms with Crippen LogP contribution in [0.4, 0.5) is 5.69 Å². The van der Waals surface area contributed by atoms with Gasteiger partial charge >= 0.3 is 0 Å². The van der Waals surface area contributed by atoms with Gasteiger partial charge in [-0.25, -0.2) is 0 Å². The smallest absolute Gasteiger partial charge is 0.0511 e. The van der Waals surface area contributed by atoms with E-state index >= 15 is 0 Å².